The van der Waals surface area contributed by atoms with Gasteiger partial charge in [-0.15, -0.1) is 0 Å². The lowest BCUT2D eigenvalue weighted by molar-refractivity contribution is -0.132. The molecule has 4 heteroatoms. The molecule has 4 nitrogen and oxygen atoms in total. The number of nitrogens with zero attached hydrogens (tertiary/aromatic N) is 3. The highest BCUT2D eigenvalue weighted by Gasteiger charge is 2.22. The van der Waals surface area contributed by atoms with E-state index >= 15 is 0 Å². The smallest absolute Gasteiger partial charge is 0.222 e. The summed E-state index contributed by atoms with van der Waals surface area (Å²) < 4.78 is 1.95. The Bertz CT molecular complexity index is 391. The number of amides is 1. The van der Waals surface area contributed by atoms with Gasteiger partial charge in [-0.2, -0.15) is 5.10 Å². The highest BCUT2D eigenvalue weighted by Crippen LogP contribution is 2.21. The van der Waals surface area contributed by atoms with Gasteiger partial charge in [-0.05, 0) is 37.7 Å². The summed E-state index contributed by atoms with van der Waals surface area (Å²) in [6.07, 6.45) is 6.85. The summed E-state index contributed by atoms with van der Waals surface area (Å²) in [5.41, 5.74) is 1.30. The molecular formula is C14H23N3O. The van der Waals surface area contributed by atoms with Crippen LogP contribution in [0.5, 0.6) is 0 Å². The van der Waals surface area contributed by atoms with Crippen LogP contribution in [-0.2, 0) is 18.3 Å². The van der Waals surface area contributed by atoms with Gasteiger partial charge in [0.2, 0.25) is 5.91 Å². The maximum absolute atomic E-state index is 11.8. The molecule has 1 aromatic rings. The maximum atomic E-state index is 11.8. The van der Waals surface area contributed by atoms with Crippen molar-refractivity contribution in [2.75, 3.05) is 13.1 Å². The van der Waals surface area contributed by atoms with E-state index in [-0.39, 0.29) is 0 Å². The van der Waals surface area contributed by atoms with E-state index < -0.39 is 0 Å². The van der Waals surface area contributed by atoms with Gasteiger partial charge in [0.1, 0.15) is 0 Å². The summed E-state index contributed by atoms with van der Waals surface area (Å²) >= 11 is 0. The summed E-state index contributed by atoms with van der Waals surface area (Å²) in [5, 5.41) is 4.20. The third-order valence-corrected chi connectivity index (χ3v) is 3.85. The quantitative estimate of drug-likeness (QED) is 0.818. The number of piperidine rings is 1. The van der Waals surface area contributed by atoms with Crippen molar-refractivity contribution in [3.63, 3.8) is 0 Å². The van der Waals surface area contributed by atoms with Crippen molar-refractivity contribution in [1.29, 1.82) is 0 Å². The van der Waals surface area contributed by atoms with Gasteiger partial charge in [0.25, 0.3) is 0 Å². The highest BCUT2D eigenvalue weighted by atomic mass is 16.2. The molecule has 0 bridgehead atoms. The molecule has 2 rings (SSSR count). The fraction of sp³-hybridized carbons (Fsp3) is 0.714. The number of hydrogen-bond acceptors (Lipinski definition) is 2. The normalized spacial score (nSPS) is 17.1. The summed E-state index contributed by atoms with van der Waals surface area (Å²) in [7, 11) is 2.00. The predicted octanol–water partition coefficient (Wildman–Crippen LogP) is 2.00. The molecule has 0 saturated carbocycles. The minimum Gasteiger partial charge on any atom is -0.343 e. The van der Waals surface area contributed by atoms with Crippen LogP contribution < -0.4 is 0 Å². The van der Waals surface area contributed by atoms with Gasteiger partial charge in [-0.25, -0.2) is 0 Å². The number of aryl methyl sites for hydroxylation is 1. The Kier molecular flexibility index (Phi) is 4.39. The summed E-state index contributed by atoms with van der Waals surface area (Å²) in [6, 6.07) is 2.09. The first-order valence-electron chi connectivity index (χ1n) is 6.95. The lowest BCUT2D eigenvalue weighted by atomic mass is 9.92. The van der Waals surface area contributed by atoms with Gasteiger partial charge in [0.05, 0.1) is 0 Å². The number of carbonyl (C=O) groups excluding carboxylic acids is 1. The third kappa shape index (κ3) is 3.12. The van der Waals surface area contributed by atoms with Crippen LogP contribution in [0.15, 0.2) is 12.3 Å². The number of hydrogen-bond donors (Lipinski definition) is 0. The van der Waals surface area contributed by atoms with Gasteiger partial charge >= 0.3 is 0 Å². The SMILES string of the molecule is CCCC(=O)N1CCC(Cc2ccnn2C)CC1. The van der Waals surface area contributed by atoms with E-state index in [2.05, 4.69) is 18.1 Å². The molecule has 1 aliphatic heterocycles. The van der Waals surface area contributed by atoms with E-state index in [0.29, 0.717) is 18.2 Å². The van der Waals surface area contributed by atoms with Crippen molar-refractivity contribution < 1.29 is 4.79 Å². The van der Waals surface area contributed by atoms with Crippen LogP contribution in [0.25, 0.3) is 0 Å². The molecule has 2 heterocycles. The second kappa shape index (κ2) is 6.03. The Morgan fingerprint density at radius 2 is 2.17 bits per heavy atom. The average Bonchev–Trinajstić information content (AvgIpc) is 2.76. The monoisotopic (exact) mass is 249 g/mol. The average molecular weight is 249 g/mol. The maximum Gasteiger partial charge on any atom is 0.222 e. The summed E-state index contributed by atoms with van der Waals surface area (Å²) in [4.78, 5) is 13.8. The van der Waals surface area contributed by atoms with E-state index in [1.807, 2.05) is 22.8 Å². The molecule has 0 N–H and O–H groups in total. The topological polar surface area (TPSA) is 38.1 Å². The van der Waals surface area contributed by atoms with Crippen LogP contribution in [0.2, 0.25) is 0 Å². The molecule has 1 fully saturated rings. The summed E-state index contributed by atoms with van der Waals surface area (Å²) in [5.74, 6) is 1.03. The van der Waals surface area contributed by atoms with Crippen LogP contribution in [0.3, 0.4) is 0 Å². The Morgan fingerprint density at radius 3 is 2.72 bits per heavy atom. The first-order chi connectivity index (χ1) is 8.70. The van der Waals surface area contributed by atoms with Gasteiger partial charge in [0, 0.05) is 38.4 Å². The van der Waals surface area contributed by atoms with E-state index in [1.165, 1.54) is 5.69 Å². The fourth-order valence-electron chi connectivity index (χ4n) is 2.66. The van der Waals surface area contributed by atoms with E-state index in [1.54, 1.807) is 0 Å². The molecule has 0 radical (unpaired) electrons. The second-order valence-electron chi connectivity index (χ2n) is 5.22. The first-order valence-corrected chi connectivity index (χ1v) is 6.95. The van der Waals surface area contributed by atoms with E-state index in [4.69, 9.17) is 0 Å². The van der Waals surface area contributed by atoms with Crippen LogP contribution >= 0.6 is 0 Å². The van der Waals surface area contributed by atoms with Crippen LogP contribution in [0.1, 0.15) is 38.3 Å². The Labute approximate surface area is 109 Å². The zero-order valence-corrected chi connectivity index (χ0v) is 11.4. The summed E-state index contributed by atoms with van der Waals surface area (Å²) in [6.45, 7) is 3.93. The van der Waals surface area contributed by atoms with Gasteiger partial charge in [-0.3, -0.25) is 9.48 Å². The minimum atomic E-state index is 0.330. The lowest BCUT2D eigenvalue weighted by Gasteiger charge is -2.32. The van der Waals surface area contributed by atoms with Crippen LogP contribution in [0.4, 0.5) is 0 Å². The molecule has 1 aromatic heterocycles. The number of carbonyl (C=O) groups is 1. The predicted molar refractivity (Wildman–Crippen MR) is 71.1 cm³/mol. The van der Waals surface area contributed by atoms with Crippen molar-refractivity contribution in [2.24, 2.45) is 13.0 Å². The molecule has 0 atom stereocenters. The Balaban J connectivity index is 1.80. The Morgan fingerprint density at radius 1 is 1.44 bits per heavy atom. The van der Waals surface area contributed by atoms with Crippen molar-refractivity contribution in [2.45, 2.75) is 39.0 Å². The van der Waals surface area contributed by atoms with Crippen molar-refractivity contribution >= 4 is 5.91 Å². The molecule has 1 amide bonds. The lowest BCUT2D eigenvalue weighted by Crippen LogP contribution is -2.38. The molecule has 0 spiro atoms. The van der Waals surface area contributed by atoms with Gasteiger partial charge in [0.15, 0.2) is 0 Å². The van der Waals surface area contributed by atoms with Crippen LogP contribution in [0, 0.1) is 5.92 Å². The largest absolute Gasteiger partial charge is 0.343 e. The molecule has 100 valence electrons. The minimum absolute atomic E-state index is 0.330. The fourth-order valence-corrected chi connectivity index (χ4v) is 2.66. The molecular weight excluding hydrogens is 226 g/mol. The van der Waals surface area contributed by atoms with Crippen LogP contribution in [-0.4, -0.2) is 33.7 Å². The van der Waals surface area contributed by atoms with Crippen molar-refractivity contribution in [1.82, 2.24) is 14.7 Å². The first kappa shape index (κ1) is 13.1. The standard InChI is InChI=1S/C14H23N3O/c1-3-4-14(18)17-9-6-12(7-10-17)11-13-5-8-15-16(13)2/h5,8,12H,3-4,6-7,9-11H2,1-2H3. The molecule has 0 unspecified atom stereocenters. The van der Waals surface area contributed by atoms with Gasteiger partial charge in [-0.1, -0.05) is 6.92 Å². The molecule has 0 aliphatic carbocycles. The van der Waals surface area contributed by atoms with Crippen molar-refractivity contribution in [3.8, 4) is 0 Å². The van der Waals surface area contributed by atoms with E-state index in [9.17, 15) is 4.79 Å². The molecule has 1 saturated heterocycles. The second-order valence-corrected chi connectivity index (χ2v) is 5.22. The Hall–Kier alpha value is -1.32. The number of rotatable bonds is 4. The molecule has 1 aliphatic rings. The van der Waals surface area contributed by atoms with Crippen molar-refractivity contribution in [3.05, 3.63) is 18.0 Å². The number of likely N-dealkylation sites (tertiary alicyclic amines) is 1. The zero-order valence-electron chi connectivity index (χ0n) is 11.4. The van der Waals surface area contributed by atoms with Gasteiger partial charge < -0.3 is 4.90 Å². The van der Waals surface area contributed by atoms with E-state index in [0.717, 1.165) is 38.8 Å². The molecule has 0 aromatic carbocycles. The molecule has 18 heavy (non-hydrogen) atoms. The highest BCUT2D eigenvalue weighted by molar-refractivity contribution is 5.76. The third-order valence-electron chi connectivity index (χ3n) is 3.85. The zero-order chi connectivity index (χ0) is 13.0. The number of aromatic nitrogens is 2.